The summed E-state index contributed by atoms with van der Waals surface area (Å²) in [5.41, 5.74) is 8.62. The number of nitrogens with zero attached hydrogens (tertiary/aromatic N) is 3. The fraction of sp³-hybridized carbons (Fsp3) is 0.200. The van der Waals surface area contributed by atoms with Gasteiger partial charge in [0.15, 0.2) is 0 Å². The summed E-state index contributed by atoms with van der Waals surface area (Å²) in [5, 5.41) is 1.17. The molecule has 3 aromatic rings. The molecule has 0 aliphatic rings. The van der Waals surface area contributed by atoms with Gasteiger partial charge in [0.1, 0.15) is 0 Å². The number of hydrogen-bond donors (Lipinski definition) is 1. The van der Waals surface area contributed by atoms with Gasteiger partial charge in [-0.15, -0.1) is 0 Å². The Hall–Kier alpha value is -2.20. The van der Waals surface area contributed by atoms with Crippen molar-refractivity contribution in [1.29, 1.82) is 0 Å². The smallest absolute Gasteiger partial charge is 0.0953 e. The zero-order valence-corrected chi connectivity index (χ0v) is 10.7. The number of nitrogens with two attached hydrogens (primary N) is 1. The van der Waals surface area contributed by atoms with Crippen LogP contribution in [-0.4, -0.2) is 21.1 Å². The van der Waals surface area contributed by atoms with E-state index < -0.39 is 0 Å². The molecule has 3 rings (SSSR count). The van der Waals surface area contributed by atoms with Crippen molar-refractivity contribution in [3.63, 3.8) is 0 Å². The molecule has 0 atom stereocenters. The maximum absolute atomic E-state index is 5.52. The minimum atomic E-state index is 0.630. The highest BCUT2D eigenvalue weighted by molar-refractivity contribution is 5.78. The van der Waals surface area contributed by atoms with Crippen LogP contribution in [0.4, 0.5) is 0 Å². The Labute approximate surface area is 111 Å². The average Bonchev–Trinajstić information content (AvgIpc) is 2.86. The van der Waals surface area contributed by atoms with Gasteiger partial charge in [-0.25, -0.2) is 4.98 Å². The van der Waals surface area contributed by atoms with E-state index in [1.807, 2.05) is 35.3 Å². The third kappa shape index (κ3) is 2.63. The van der Waals surface area contributed by atoms with E-state index in [9.17, 15) is 0 Å². The van der Waals surface area contributed by atoms with E-state index in [0.29, 0.717) is 6.54 Å². The summed E-state index contributed by atoms with van der Waals surface area (Å²) < 4.78 is 2.04. The van der Waals surface area contributed by atoms with Crippen molar-refractivity contribution in [2.24, 2.45) is 5.73 Å². The van der Waals surface area contributed by atoms with E-state index in [4.69, 9.17) is 5.73 Å². The van der Waals surface area contributed by atoms with E-state index in [1.165, 1.54) is 5.39 Å². The first kappa shape index (κ1) is 11.9. The molecule has 2 N–H and O–H groups in total. The lowest BCUT2D eigenvalue weighted by Gasteiger charge is -2.03. The Balaban J connectivity index is 1.83. The Bertz CT molecular complexity index is 687. The largest absolute Gasteiger partial charge is 0.331 e. The summed E-state index contributed by atoms with van der Waals surface area (Å²) in [6, 6.07) is 12.3. The Morgan fingerprint density at radius 3 is 2.84 bits per heavy atom. The van der Waals surface area contributed by atoms with Crippen LogP contribution in [0.3, 0.4) is 0 Å². The molecule has 0 bridgehead atoms. The topological polar surface area (TPSA) is 56.7 Å². The fourth-order valence-corrected chi connectivity index (χ4v) is 2.15. The number of para-hydroxylation sites is 1. The molecule has 4 nitrogen and oxygen atoms in total. The zero-order chi connectivity index (χ0) is 13.1. The summed E-state index contributed by atoms with van der Waals surface area (Å²) in [6.45, 7) is 1.37. The van der Waals surface area contributed by atoms with Crippen LogP contribution in [0.25, 0.3) is 10.9 Å². The van der Waals surface area contributed by atoms with E-state index in [1.54, 1.807) is 0 Å². The molecule has 2 heterocycles. The van der Waals surface area contributed by atoms with Crippen LogP contribution in [0.1, 0.15) is 11.4 Å². The van der Waals surface area contributed by atoms with Crippen LogP contribution in [0.5, 0.6) is 0 Å². The monoisotopic (exact) mass is 252 g/mol. The maximum atomic E-state index is 5.52. The third-order valence-electron chi connectivity index (χ3n) is 3.09. The lowest BCUT2D eigenvalue weighted by atomic mass is 10.2. The molecule has 19 heavy (non-hydrogen) atoms. The van der Waals surface area contributed by atoms with Gasteiger partial charge >= 0.3 is 0 Å². The van der Waals surface area contributed by atoms with Crippen LogP contribution >= 0.6 is 0 Å². The summed E-state index contributed by atoms with van der Waals surface area (Å²) in [5.74, 6) is 0. The molecule has 0 radical (unpaired) electrons. The van der Waals surface area contributed by atoms with Crippen LogP contribution in [0.2, 0.25) is 0 Å². The highest BCUT2D eigenvalue weighted by atomic mass is 15.0. The van der Waals surface area contributed by atoms with Crippen LogP contribution in [0, 0.1) is 0 Å². The second kappa shape index (κ2) is 5.20. The van der Waals surface area contributed by atoms with Gasteiger partial charge in [-0.2, -0.15) is 0 Å². The average molecular weight is 252 g/mol. The number of aromatic nitrogens is 3. The number of pyridine rings is 1. The summed E-state index contributed by atoms with van der Waals surface area (Å²) >= 11 is 0. The van der Waals surface area contributed by atoms with E-state index in [0.717, 1.165) is 29.9 Å². The number of benzene rings is 1. The highest BCUT2D eigenvalue weighted by Crippen LogP contribution is 2.12. The quantitative estimate of drug-likeness (QED) is 0.772. The molecule has 0 aliphatic heterocycles. The lowest BCUT2D eigenvalue weighted by molar-refractivity contribution is 0.775. The van der Waals surface area contributed by atoms with Gasteiger partial charge in [-0.1, -0.05) is 24.3 Å². The van der Waals surface area contributed by atoms with Gasteiger partial charge in [0.05, 0.1) is 29.8 Å². The number of fused-ring (bicyclic) bond motifs is 1. The van der Waals surface area contributed by atoms with Crippen molar-refractivity contribution in [2.75, 3.05) is 6.54 Å². The first-order valence-electron chi connectivity index (χ1n) is 6.40. The minimum Gasteiger partial charge on any atom is -0.331 e. The summed E-state index contributed by atoms with van der Waals surface area (Å²) in [4.78, 5) is 8.97. The van der Waals surface area contributed by atoms with Crippen molar-refractivity contribution < 1.29 is 0 Å². The third-order valence-corrected chi connectivity index (χ3v) is 3.09. The lowest BCUT2D eigenvalue weighted by Crippen LogP contribution is -2.03. The standard InChI is InChI=1S/C15H16N4/c16-8-7-13-9-19(11-17-13)10-14-6-5-12-3-1-2-4-15(12)18-14/h1-6,9,11H,7-8,10,16H2. The van der Waals surface area contributed by atoms with Crippen molar-refractivity contribution in [3.05, 3.63) is 60.3 Å². The van der Waals surface area contributed by atoms with Gasteiger partial charge in [-0.3, -0.25) is 4.98 Å². The normalized spacial score (nSPS) is 11.0. The molecule has 0 spiro atoms. The number of imidazole rings is 1. The van der Waals surface area contributed by atoms with Gasteiger partial charge < -0.3 is 10.3 Å². The fourth-order valence-electron chi connectivity index (χ4n) is 2.15. The summed E-state index contributed by atoms with van der Waals surface area (Å²) in [7, 11) is 0. The van der Waals surface area contributed by atoms with Crippen LogP contribution in [-0.2, 0) is 13.0 Å². The molecule has 96 valence electrons. The predicted molar refractivity (Wildman–Crippen MR) is 75.8 cm³/mol. The first-order chi connectivity index (χ1) is 9.35. The second-order valence-corrected chi connectivity index (χ2v) is 4.57. The SMILES string of the molecule is NCCc1cn(Cc2ccc3ccccc3n2)cn1. The van der Waals surface area contributed by atoms with Crippen molar-refractivity contribution in [2.45, 2.75) is 13.0 Å². The Morgan fingerprint density at radius 2 is 1.95 bits per heavy atom. The van der Waals surface area contributed by atoms with Gasteiger partial charge in [0.25, 0.3) is 0 Å². The van der Waals surface area contributed by atoms with Gasteiger partial charge in [0, 0.05) is 18.0 Å². The summed E-state index contributed by atoms with van der Waals surface area (Å²) in [6.07, 6.45) is 4.68. The first-order valence-corrected chi connectivity index (χ1v) is 6.40. The maximum Gasteiger partial charge on any atom is 0.0953 e. The number of hydrogen-bond acceptors (Lipinski definition) is 3. The van der Waals surface area contributed by atoms with Crippen LogP contribution in [0.15, 0.2) is 48.9 Å². The van der Waals surface area contributed by atoms with Crippen molar-refractivity contribution >= 4 is 10.9 Å². The molecule has 4 heteroatoms. The van der Waals surface area contributed by atoms with Crippen molar-refractivity contribution in [3.8, 4) is 0 Å². The van der Waals surface area contributed by atoms with Crippen LogP contribution < -0.4 is 5.73 Å². The number of rotatable bonds is 4. The Kier molecular flexibility index (Phi) is 3.25. The molecule has 0 amide bonds. The van der Waals surface area contributed by atoms with Gasteiger partial charge in [-0.05, 0) is 18.7 Å². The molecule has 1 aromatic carbocycles. The second-order valence-electron chi connectivity index (χ2n) is 4.57. The van der Waals surface area contributed by atoms with Crippen molar-refractivity contribution in [1.82, 2.24) is 14.5 Å². The van der Waals surface area contributed by atoms with E-state index in [2.05, 4.69) is 28.2 Å². The molecular weight excluding hydrogens is 236 g/mol. The van der Waals surface area contributed by atoms with E-state index in [-0.39, 0.29) is 0 Å². The van der Waals surface area contributed by atoms with E-state index >= 15 is 0 Å². The molecular formula is C15H16N4. The predicted octanol–water partition coefficient (Wildman–Crippen LogP) is 1.98. The molecule has 2 aromatic heterocycles. The highest BCUT2D eigenvalue weighted by Gasteiger charge is 2.01. The molecule has 0 aliphatic carbocycles. The molecule has 0 saturated heterocycles. The molecule has 0 fully saturated rings. The zero-order valence-electron chi connectivity index (χ0n) is 10.7. The Morgan fingerprint density at radius 1 is 1.05 bits per heavy atom. The molecule has 0 unspecified atom stereocenters. The van der Waals surface area contributed by atoms with Gasteiger partial charge in [0.2, 0.25) is 0 Å². The molecule has 0 saturated carbocycles. The minimum absolute atomic E-state index is 0.630.